The number of aromatic nitrogens is 4. The summed E-state index contributed by atoms with van der Waals surface area (Å²) in [6.45, 7) is 0.0299. The second-order valence-electron chi connectivity index (χ2n) is 6.38. The van der Waals surface area contributed by atoms with Crippen LogP contribution in [0.15, 0.2) is 60.8 Å². The number of imidazole rings is 1. The summed E-state index contributed by atoms with van der Waals surface area (Å²) in [4.78, 5) is 27.9. The zero-order valence-corrected chi connectivity index (χ0v) is 16.7. The minimum Gasteiger partial charge on any atom is -0.468 e. The number of carbonyl (C=O) groups is 1. The molecule has 4 aromatic rings. The normalized spacial score (nSPS) is 10.9. The van der Waals surface area contributed by atoms with Gasteiger partial charge in [-0.05, 0) is 36.4 Å². The molecule has 2 aromatic carbocycles. The first-order valence-corrected chi connectivity index (χ1v) is 9.29. The average molecular weight is 408 g/mol. The van der Waals surface area contributed by atoms with Crippen LogP contribution in [0, 0.1) is 0 Å². The van der Waals surface area contributed by atoms with Gasteiger partial charge < -0.3 is 9.64 Å². The highest BCUT2D eigenvalue weighted by Gasteiger charge is 2.19. The largest absolute Gasteiger partial charge is 0.468 e. The number of hydrogen-bond donors (Lipinski definition) is 0. The van der Waals surface area contributed by atoms with E-state index in [1.165, 1.54) is 7.11 Å². The van der Waals surface area contributed by atoms with Crippen LogP contribution in [0.3, 0.4) is 0 Å². The number of methoxy groups -OCH3 is 1. The lowest BCUT2D eigenvalue weighted by Crippen LogP contribution is -2.30. The fourth-order valence-electron chi connectivity index (χ4n) is 2.97. The maximum atomic E-state index is 12.9. The average Bonchev–Trinajstić information content (AvgIpc) is 3.11. The quantitative estimate of drug-likeness (QED) is 0.503. The number of rotatable bonds is 5. The molecule has 1 amide bonds. The Balaban J connectivity index is 1.71. The first kappa shape index (κ1) is 18.9. The van der Waals surface area contributed by atoms with Gasteiger partial charge in [-0.25, -0.2) is 9.97 Å². The molecule has 0 N–H and O–H groups in total. The van der Waals surface area contributed by atoms with Gasteiger partial charge in [0.25, 0.3) is 6.01 Å². The predicted molar refractivity (Wildman–Crippen MR) is 112 cm³/mol. The molecule has 2 heterocycles. The Morgan fingerprint density at radius 3 is 2.52 bits per heavy atom. The van der Waals surface area contributed by atoms with Crippen molar-refractivity contribution in [2.45, 2.75) is 6.54 Å². The highest BCUT2D eigenvalue weighted by molar-refractivity contribution is 6.30. The van der Waals surface area contributed by atoms with Gasteiger partial charge in [0.2, 0.25) is 5.91 Å². The molecule has 0 atom stereocenters. The van der Waals surface area contributed by atoms with Gasteiger partial charge in [-0.3, -0.25) is 9.36 Å². The number of anilines is 1. The molecule has 0 fully saturated rings. The van der Waals surface area contributed by atoms with Crippen LogP contribution in [0.5, 0.6) is 6.01 Å². The number of hydrogen-bond acceptors (Lipinski definition) is 5. The Bertz CT molecular complexity index is 1160. The molecule has 7 nitrogen and oxygen atoms in total. The summed E-state index contributed by atoms with van der Waals surface area (Å²) >= 11 is 5.97. The Morgan fingerprint density at radius 1 is 1.10 bits per heavy atom. The van der Waals surface area contributed by atoms with Crippen LogP contribution in [0.4, 0.5) is 5.69 Å². The van der Waals surface area contributed by atoms with Crippen molar-refractivity contribution in [3.05, 3.63) is 65.8 Å². The van der Waals surface area contributed by atoms with E-state index in [1.807, 2.05) is 42.5 Å². The van der Waals surface area contributed by atoms with E-state index in [4.69, 9.17) is 16.3 Å². The van der Waals surface area contributed by atoms with E-state index < -0.39 is 0 Å². The maximum absolute atomic E-state index is 12.9. The molecule has 0 saturated carbocycles. The fraction of sp³-hybridized carbons (Fsp3) is 0.143. The molecule has 0 saturated heterocycles. The standard InChI is InChI=1S/C21H18ClN5O2/c1-26(16-6-4-3-5-7-16)18(28)13-27-20-17(24-21(27)29-2)12-23-19(25-20)14-8-10-15(22)11-9-14/h3-12H,13H2,1-2H3. The minimum atomic E-state index is -0.125. The molecule has 0 aliphatic heterocycles. The van der Waals surface area contributed by atoms with Crippen molar-refractivity contribution in [3.8, 4) is 17.4 Å². The molecule has 0 aliphatic rings. The van der Waals surface area contributed by atoms with Gasteiger partial charge in [0.1, 0.15) is 12.1 Å². The lowest BCUT2D eigenvalue weighted by molar-refractivity contribution is -0.118. The molecule has 0 unspecified atom stereocenters. The van der Waals surface area contributed by atoms with Crippen LogP contribution in [-0.4, -0.2) is 39.6 Å². The van der Waals surface area contributed by atoms with Crippen molar-refractivity contribution < 1.29 is 9.53 Å². The Morgan fingerprint density at radius 2 is 1.83 bits per heavy atom. The highest BCUT2D eigenvalue weighted by Crippen LogP contribution is 2.24. The van der Waals surface area contributed by atoms with Crippen LogP contribution < -0.4 is 9.64 Å². The van der Waals surface area contributed by atoms with Gasteiger partial charge in [-0.1, -0.05) is 29.8 Å². The third-order valence-corrected chi connectivity index (χ3v) is 4.80. The molecule has 0 spiro atoms. The van der Waals surface area contributed by atoms with Crippen molar-refractivity contribution >= 4 is 34.4 Å². The van der Waals surface area contributed by atoms with E-state index in [1.54, 1.807) is 34.8 Å². The van der Waals surface area contributed by atoms with Crippen molar-refractivity contribution in [1.29, 1.82) is 0 Å². The summed E-state index contributed by atoms with van der Waals surface area (Å²) in [5.41, 5.74) is 2.69. The number of ether oxygens (including phenoxy) is 1. The summed E-state index contributed by atoms with van der Waals surface area (Å²) < 4.78 is 7.02. The molecule has 0 aliphatic carbocycles. The number of para-hydroxylation sites is 1. The minimum absolute atomic E-state index is 0.0299. The van der Waals surface area contributed by atoms with Gasteiger partial charge >= 0.3 is 0 Å². The Hall–Kier alpha value is -3.45. The third kappa shape index (κ3) is 3.77. The van der Waals surface area contributed by atoms with Gasteiger partial charge in [0.05, 0.1) is 13.3 Å². The lowest BCUT2D eigenvalue weighted by atomic mass is 10.2. The Kier molecular flexibility index (Phi) is 5.14. The van der Waals surface area contributed by atoms with E-state index >= 15 is 0 Å². The third-order valence-electron chi connectivity index (χ3n) is 4.55. The monoisotopic (exact) mass is 407 g/mol. The zero-order valence-electron chi connectivity index (χ0n) is 15.9. The van der Waals surface area contributed by atoms with Gasteiger partial charge in [0, 0.05) is 23.3 Å². The van der Waals surface area contributed by atoms with Crippen molar-refractivity contribution in [2.24, 2.45) is 0 Å². The molecule has 0 bridgehead atoms. The van der Waals surface area contributed by atoms with Crippen molar-refractivity contribution in [1.82, 2.24) is 19.5 Å². The van der Waals surface area contributed by atoms with E-state index in [-0.39, 0.29) is 12.5 Å². The van der Waals surface area contributed by atoms with Crippen molar-refractivity contribution in [3.63, 3.8) is 0 Å². The zero-order chi connectivity index (χ0) is 20.4. The summed E-state index contributed by atoms with van der Waals surface area (Å²) in [6.07, 6.45) is 1.62. The number of likely N-dealkylation sites (N-methyl/N-ethyl adjacent to an activating group) is 1. The fourth-order valence-corrected chi connectivity index (χ4v) is 3.10. The number of benzene rings is 2. The van der Waals surface area contributed by atoms with E-state index in [2.05, 4.69) is 15.0 Å². The first-order chi connectivity index (χ1) is 14.1. The molecule has 4 rings (SSSR count). The summed E-state index contributed by atoms with van der Waals surface area (Å²) in [5.74, 6) is 0.391. The second kappa shape index (κ2) is 7.89. The molecule has 8 heteroatoms. The molecular formula is C21H18ClN5O2. The van der Waals surface area contributed by atoms with E-state index in [0.29, 0.717) is 28.0 Å². The van der Waals surface area contributed by atoms with E-state index in [9.17, 15) is 4.79 Å². The molecule has 0 radical (unpaired) electrons. The van der Waals surface area contributed by atoms with Crippen LogP contribution in [0.1, 0.15) is 0 Å². The lowest BCUT2D eigenvalue weighted by Gasteiger charge is -2.18. The molecular weight excluding hydrogens is 390 g/mol. The number of halogens is 1. The van der Waals surface area contributed by atoms with Gasteiger partial charge in [-0.2, -0.15) is 4.98 Å². The van der Waals surface area contributed by atoms with Gasteiger partial charge in [-0.15, -0.1) is 0 Å². The smallest absolute Gasteiger partial charge is 0.298 e. The molecule has 2 aromatic heterocycles. The number of amides is 1. The number of fused-ring (bicyclic) bond motifs is 1. The SMILES string of the molecule is COc1nc2cnc(-c3ccc(Cl)cc3)nc2n1CC(=O)N(C)c1ccccc1. The van der Waals surface area contributed by atoms with Gasteiger partial charge in [0.15, 0.2) is 11.5 Å². The Labute approximate surface area is 172 Å². The summed E-state index contributed by atoms with van der Waals surface area (Å²) in [7, 11) is 3.24. The van der Waals surface area contributed by atoms with Crippen LogP contribution in [0.25, 0.3) is 22.6 Å². The first-order valence-electron chi connectivity index (χ1n) is 8.91. The van der Waals surface area contributed by atoms with Crippen LogP contribution in [-0.2, 0) is 11.3 Å². The number of carbonyl (C=O) groups excluding carboxylic acids is 1. The maximum Gasteiger partial charge on any atom is 0.298 e. The summed E-state index contributed by atoms with van der Waals surface area (Å²) in [6, 6.07) is 17.0. The van der Waals surface area contributed by atoms with Crippen LogP contribution in [0.2, 0.25) is 5.02 Å². The highest BCUT2D eigenvalue weighted by atomic mass is 35.5. The molecule has 29 heavy (non-hydrogen) atoms. The summed E-state index contributed by atoms with van der Waals surface area (Å²) in [5, 5.41) is 0.635. The van der Waals surface area contributed by atoms with Crippen LogP contribution >= 0.6 is 11.6 Å². The molecule has 146 valence electrons. The predicted octanol–water partition coefficient (Wildman–Crippen LogP) is 3.82. The topological polar surface area (TPSA) is 73.1 Å². The van der Waals surface area contributed by atoms with E-state index in [0.717, 1.165) is 11.3 Å². The van der Waals surface area contributed by atoms with Crippen molar-refractivity contribution in [2.75, 3.05) is 19.1 Å². The number of nitrogens with zero attached hydrogens (tertiary/aromatic N) is 5. The second-order valence-corrected chi connectivity index (χ2v) is 6.82.